The molecule has 3 aromatic rings. The quantitative estimate of drug-likeness (QED) is 0.650. The summed E-state index contributed by atoms with van der Waals surface area (Å²) < 4.78 is 1.62. The van der Waals surface area contributed by atoms with Crippen LogP contribution in [0.25, 0.3) is 11.1 Å². The summed E-state index contributed by atoms with van der Waals surface area (Å²) in [5, 5.41) is 7.34. The second-order valence-electron chi connectivity index (χ2n) is 8.87. The van der Waals surface area contributed by atoms with Crippen LogP contribution in [0.5, 0.6) is 0 Å². The molecule has 1 atom stereocenters. The first-order chi connectivity index (χ1) is 15.4. The van der Waals surface area contributed by atoms with Crippen LogP contribution in [-0.2, 0) is 18.3 Å². The van der Waals surface area contributed by atoms with E-state index in [1.54, 1.807) is 41.3 Å². The molecule has 166 valence electrons. The molecule has 7 heteroatoms. The van der Waals surface area contributed by atoms with Crippen LogP contribution < -0.4 is 5.32 Å². The van der Waals surface area contributed by atoms with Gasteiger partial charge < -0.3 is 10.2 Å². The van der Waals surface area contributed by atoms with Crippen LogP contribution >= 0.6 is 0 Å². The number of hydrogen-bond donors (Lipinski definition) is 1. The van der Waals surface area contributed by atoms with Crippen LogP contribution in [0.15, 0.2) is 61.1 Å². The Hall–Kier alpha value is -3.48. The first-order valence-electron chi connectivity index (χ1n) is 11.0. The number of nitrogens with zero attached hydrogens (tertiary/aromatic N) is 4. The normalized spacial score (nSPS) is 18.2. The minimum Gasteiger partial charge on any atom is -0.353 e. The highest BCUT2D eigenvalue weighted by molar-refractivity contribution is 5.93. The zero-order valence-electron chi connectivity index (χ0n) is 18.8. The van der Waals surface area contributed by atoms with Crippen molar-refractivity contribution in [3.05, 3.63) is 72.3 Å². The number of pyridine rings is 1. The minimum atomic E-state index is -0.675. The van der Waals surface area contributed by atoms with E-state index in [2.05, 4.69) is 33.6 Å². The number of rotatable bonds is 6. The molecule has 2 amide bonds. The van der Waals surface area contributed by atoms with Crippen molar-refractivity contribution < 1.29 is 9.59 Å². The zero-order valence-corrected chi connectivity index (χ0v) is 18.8. The van der Waals surface area contributed by atoms with E-state index < -0.39 is 5.41 Å². The Balaban J connectivity index is 1.61. The van der Waals surface area contributed by atoms with Gasteiger partial charge in [-0.2, -0.15) is 5.10 Å². The average molecular weight is 432 g/mol. The number of aryl methyl sites for hydroxylation is 1. The van der Waals surface area contributed by atoms with Gasteiger partial charge >= 0.3 is 0 Å². The van der Waals surface area contributed by atoms with Gasteiger partial charge in [0.1, 0.15) is 5.69 Å². The summed E-state index contributed by atoms with van der Waals surface area (Å²) in [6, 6.07) is 14.0. The smallest absolute Gasteiger partial charge is 0.274 e. The van der Waals surface area contributed by atoms with E-state index in [9.17, 15) is 9.59 Å². The van der Waals surface area contributed by atoms with Crippen LogP contribution in [0.1, 0.15) is 36.3 Å². The van der Waals surface area contributed by atoms with Crippen LogP contribution in [0.2, 0.25) is 0 Å². The van der Waals surface area contributed by atoms with Crippen molar-refractivity contribution in [1.29, 1.82) is 0 Å². The van der Waals surface area contributed by atoms with Crippen molar-refractivity contribution in [2.45, 2.75) is 32.7 Å². The predicted molar refractivity (Wildman–Crippen MR) is 123 cm³/mol. The van der Waals surface area contributed by atoms with Gasteiger partial charge in [-0.15, -0.1) is 0 Å². The number of hydrogen-bond acceptors (Lipinski definition) is 4. The van der Waals surface area contributed by atoms with Crippen molar-refractivity contribution in [3.8, 4) is 11.1 Å². The summed E-state index contributed by atoms with van der Waals surface area (Å²) in [6.45, 7) is 4.83. The number of likely N-dealkylation sites (tertiary alicyclic amines) is 1. The third-order valence-electron chi connectivity index (χ3n) is 5.96. The number of amides is 2. The van der Waals surface area contributed by atoms with Gasteiger partial charge in [0.25, 0.3) is 5.91 Å². The van der Waals surface area contributed by atoms with Crippen LogP contribution in [0.4, 0.5) is 0 Å². The van der Waals surface area contributed by atoms with Crippen LogP contribution in [0, 0.1) is 5.41 Å². The lowest BCUT2D eigenvalue weighted by Gasteiger charge is -2.29. The van der Waals surface area contributed by atoms with Crippen molar-refractivity contribution in [3.63, 3.8) is 0 Å². The Morgan fingerprint density at radius 1 is 1.12 bits per heavy atom. The number of nitrogens with one attached hydrogen (secondary N) is 1. The fourth-order valence-electron chi connectivity index (χ4n) is 4.36. The molecule has 4 rings (SSSR count). The van der Waals surface area contributed by atoms with Crippen molar-refractivity contribution in [1.82, 2.24) is 25.0 Å². The van der Waals surface area contributed by atoms with Crippen molar-refractivity contribution in [2.24, 2.45) is 12.5 Å². The molecule has 32 heavy (non-hydrogen) atoms. The maximum absolute atomic E-state index is 13.4. The van der Waals surface area contributed by atoms with Gasteiger partial charge in [0, 0.05) is 44.8 Å². The molecule has 1 aliphatic rings. The lowest BCUT2D eigenvalue weighted by molar-refractivity contribution is -0.130. The van der Waals surface area contributed by atoms with Crippen LogP contribution in [-0.4, -0.2) is 50.6 Å². The van der Waals surface area contributed by atoms with Gasteiger partial charge in [-0.1, -0.05) is 24.3 Å². The lowest BCUT2D eigenvalue weighted by atomic mass is 9.79. The largest absolute Gasteiger partial charge is 0.353 e. The molecule has 1 unspecified atom stereocenters. The topological polar surface area (TPSA) is 80.1 Å². The molecule has 1 fully saturated rings. The fraction of sp³-hybridized carbons (Fsp3) is 0.360. The van der Waals surface area contributed by atoms with E-state index in [0.29, 0.717) is 31.6 Å². The number of benzene rings is 1. The summed E-state index contributed by atoms with van der Waals surface area (Å²) >= 11 is 0. The highest BCUT2D eigenvalue weighted by atomic mass is 16.2. The third kappa shape index (κ3) is 4.56. The molecular formula is C25H29N5O2. The van der Waals surface area contributed by atoms with Gasteiger partial charge in [-0.05, 0) is 61.6 Å². The summed E-state index contributed by atoms with van der Waals surface area (Å²) in [5.41, 5.74) is 2.98. The predicted octanol–water partition coefficient (Wildman–Crippen LogP) is 3.08. The molecule has 0 radical (unpaired) electrons. The maximum atomic E-state index is 13.4. The summed E-state index contributed by atoms with van der Waals surface area (Å²) in [4.78, 5) is 32.2. The van der Waals surface area contributed by atoms with Crippen molar-refractivity contribution in [2.75, 3.05) is 13.1 Å². The standard InChI is InChI=1S/C25H29N5O2/c1-18(2)27-24(32)25(10-14-30(17-25)23(31)22-9-13-29(3)28-22)16-19-5-4-6-21(15-19)20-7-11-26-12-8-20/h4-9,11-13,15,18H,10,14,16-17H2,1-3H3,(H,27,32). The van der Waals surface area contributed by atoms with E-state index in [4.69, 9.17) is 0 Å². The maximum Gasteiger partial charge on any atom is 0.274 e. The van der Waals surface area contributed by atoms with Gasteiger partial charge in [0.2, 0.25) is 5.91 Å². The monoisotopic (exact) mass is 431 g/mol. The van der Waals surface area contributed by atoms with Gasteiger partial charge in [-0.3, -0.25) is 19.3 Å². The number of carbonyl (C=O) groups excluding carboxylic acids is 2. The highest BCUT2D eigenvalue weighted by Crippen LogP contribution is 2.36. The van der Waals surface area contributed by atoms with E-state index >= 15 is 0 Å². The van der Waals surface area contributed by atoms with E-state index in [-0.39, 0.29) is 17.9 Å². The first-order valence-corrected chi connectivity index (χ1v) is 11.0. The SMILES string of the molecule is CC(C)NC(=O)C1(Cc2cccc(-c3ccncc3)c2)CCN(C(=O)c2ccn(C)n2)C1. The Labute approximate surface area is 188 Å². The molecule has 2 aromatic heterocycles. The molecular weight excluding hydrogens is 402 g/mol. The molecule has 0 spiro atoms. The number of carbonyl (C=O) groups is 2. The third-order valence-corrected chi connectivity index (χ3v) is 5.96. The first kappa shape index (κ1) is 21.7. The molecule has 1 aromatic carbocycles. The molecule has 0 saturated carbocycles. The van der Waals surface area contributed by atoms with E-state index in [0.717, 1.165) is 16.7 Å². The Bertz CT molecular complexity index is 1110. The second kappa shape index (κ2) is 8.94. The molecule has 0 aliphatic carbocycles. The summed E-state index contributed by atoms with van der Waals surface area (Å²) in [5.74, 6) is -0.131. The van der Waals surface area contributed by atoms with Gasteiger partial charge in [-0.25, -0.2) is 0 Å². The minimum absolute atomic E-state index is 0.00173. The highest BCUT2D eigenvalue weighted by Gasteiger charge is 2.46. The molecule has 1 saturated heterocycles. The Morgan fingerprint density at radius 2 is 1.91 bits per heavy atom. The molecule has 7 nitrogen and oxygen atoms in total. The lowest BCUT2D eigenvalue weighted by Crippen LogP contribution is -2.47. The van der Waals surface area contributed by atoms with Crippen molar-refractivity contribution >= 4 is 11.8 Å². The van der Waals surface area contributed by atoms with E-state index in [1.807, 2.05) is 32.0 Å². The van der Waals surface area contributed by atoms with Gasteiger partial charge in [0.05, 0.1) is 5.41 Å². The molecule has 0 bridgehead atoms. The second-order valence-corrected chi connectivity index (χ2v) is 8.87. The van der Waals surface area contributed by atoms with Gasteiger partial charge in [0.15, 0.2) is 0 Å². The summed E-state index contributed by atoms with van der Waals surface area (Å²) in [6.07, 6.45) is 6.49. The zero-order chi connectivity index (χ0) is 22.7. The molecule has 1 N–H and O–H groups in total. The number of aromatic nitrogens is 3. The van der Waals surface area contributed by atoms with Crippen LogP contribution in [0.3, 0.4) is 0 Å². The molecule has 3 heterocycles. The van der Waals surface area contributed by atoms with E-state index in [1.165, 1.54) is 0 Å². The average Bonchev–Trinajstić information content (AvgIpc) is 3.41. The molecule has 1 aliphatic heterocycles. The Morgan fingerprint density at radius 3 is 2.59 bits per heavy atom. The summed E-state index contributed by atoms with van der Waals surface area (Å²) in [7, 11) is 1.79. The Kier molecular flexibility index (Phi) is 6.08. The fourth-order valence-corrected chi connectivity index (χ4v) is 4.36.